The number of piperidine rings is 1. The first-order valence-corrected chi connectivity index (χ1v) is 11.4. The van der Waals surface area contributed by atoms with Crippen LogP contribution in [-0.2, 0) is 21.5 Å². The standard InChI is InChI=1S/C22H27N3O3S/c1-17-14-18(8-9-21(17)25-16-22(26)23(2)29(25,27)28)15-24-12-10-20(11-13-24)19-6-4-3-5-7-19/h3-9,14,20H,10-13,15-16H2,1-2H3. The number of carbonyl (C=O) groups excluding carboxylic acids is 1. The van der Waals surface area contributed by atoms with Gasteiger partial charge in [0.15, 0.2) is 0 Å². The first-order chi connectivity index (χ1) is 13.9. The molecular formula is C22H27N3O3S. The van der Waals surface area contributed by atoms with Gasteiger partial charge >= 0.3 is 10.2 Å². The Kier molecular flexibility index (Phi) is 5.36. The minimum atomic E-state index is -3.76. The molecule has 0 spiro atoms. The second-order valence-electron chi connectivity index (χ2n) is 7.96. The van der Waals surface area contributed by atoms with Crippen molar-refractivity contribution in [3.63, 3.8) is 0 Å². The van der Waals surface area contributed by atoms with Crippen molar-refractivity contribution in [2.45, 2.75) is 32.2 Å². The van der Waals surface area contributed by atoms with Crippen molar-refractivity contribution in [3.8, 4) is 0 Å². The average molecular weight is 414 g/mol. The van der Waals surface area contributed by atoms with Crippen LogP contribution in [0.25, 0.3) is 0 Å². The quantitative estimate of drug-likeness (QED) is 0.773. The molecule has 0 aliphatic carbocycles. The summed E-state index contributed by atoms with van der Waals surface area (Å²) in [5.41, 5.74) is 4.04. The zero-order valence-corrected chi connectivity index (χ0v) is 17.7. The van der Waals surface area contributed by atoms with E-state index in [9.17, 15) is 13.2 Å². The molecule has 0 saturated carbocycles. The predicted octanol–water partition coefficient (Wildman–Crippen LogP) is 2.90. The van der Waals surface area contributed by atoms with Gasteiger partial charge in [0.25, 0.3) is 5.91 Å². The van der Waals surface area contributed by atoms with Crippen molar-refractivity contribution in [2.24, 2.45) is 0 Å². The molecule has 29 heavy (non-hydrogen) atoms. The van der Waals surface area contributed by atoms with Crippen LogP contribution in [-0.4, -0.2) is 50.2 Å². The van der Waals surface area contributed by atoms with Crippen LogP contribution in [0.5, 0.6) is 0 Å². The van der Waals surface area contributed by atoms with Crippen LogP contribution in [0, 0.1) is 6.92 Å². The Bertz CT molecular complexity index is 999. The zero-order valence-electron chi connectivity index (χ0n) is 16.9. The largest absolute Gasteiger partial charge is 0.328 e. The zero-order chi connectivity index (χ0) is 20.6. The lowest BCUT2D eigenvalue weighted by Gasteiger charge is -2.32. The summed E-state index contributed by atoms with van der Waals surface area (Å²) in [4.78, 5) is 14.3. The minimum absolute atomic E-state index is 0.133. The first kappa shape index (κ1) is 19.9. The Hall–Kier alpha value is -2.38. The SMILES string of the molecule is Cc1cc(CN2CCC(c3ccccc3)CC2)ccc1N1CC(=O)N(C)S1(=O)=O. The Balaban J connectivity index is 1.41. The summed E-state index contributed by atoms with van der Waals surface area (Å²) in [6, 6.07) is 16.6. The number of likely N-dealkylation sites (tertiary alicyclic amines) is 1. The minimum Gasteiger partial charge on any atom is -0.299 e. The van der Waals surface area contributed by atoms with Crippen molar-refractivity contribution in [2.75, 3.05) is 31.0 Å². The van der Waals surface area contributed by atoms with Gasteiger partial charge in [-0.3, -0.25) is 9.69 Å². The second kappa shape index (κ2) is 7.80. The highest BCUT2D eigenvalue weighted by Gasteiger charge is 2.40. The van der Waals surface area contributed by atoms with Crippen LogP contribution < -0.4 is 4.31 Å². The highest BCUT2D eigenvalue weighted by Crippen LogP contribution is 2.31. The van der Waals surface area contributed by atoms with Gasteiger partial charge in [0.05, 0.1) is 5.69 Å². The van der Waals surface area contributed by atoms with Crippen LogP contribution in [0.2, 0.25) is 0 Å². The normalized spacial score (nSPS) is 20.4. The number of rotatable bonds is 4. The topological polar surface area (TPSA) is 60.9 Å². The van der Waals surface area contributed by atoms with E-state index in [1.54, 1.807) is 0 Å². The lowest BCUT2D eigenvalue weighted by Crippen LogP contribution is -2.33. The summed E-state index contributed by atoms with van der Waals surface area (Å²) >= 11 is 0. The molecule has 154 valence electrons. The Morgan fingerprint density at radius 2 is 1.72 bits per heavy atom. The third-order valence-corrected chi connectivity index (χ3v) is 7.83. The highest BCUT2D eigenvalue weighted by atomic mass is 32.2. The molecule has 1 amide bonds. The van der Waals surface area contributed by atoms with Crippen molar-refractivity contribution < 1.29 is 13.2 Å². The van der Waals surface area contributed by atoms with Crippen LogP contribution in [0.3, 0.4) is 0 Å². The number of hydrogen-bond donors (Lipinski definition) is 0. The van der Waals surface area contributed by atoms with E-state index in [1.807, 2.05) is 25.1 Å². The number of benzene rings is 2. The smallest absolute Gasteiger partial charge is 0.299 e. The molecular weight excluding hydrogens is 386 g/mol. The molecule has 0 aromatic heterocycles. The fourth-order valence-corrected chi connectivity index (χ4v) is 5.63. The van der Waals surface area contributed by atoms with Crippen LogP contribution in [0.15, 0.2) is 48.5 Å². The van der Waals surface area contributed by atoms with Gasteiger partial charge in [-0.1, -0.05) is 42.5 Å². The summed E-state index contributed by atoms with van der Waals surface area (Å²) in [6.45, 7) is 4.74. The molecule has 7 heteroatoms. The number of carbonyl (C=O) groups is 1. The van der Waals surface area contributed by atoms with E-state index in [0.29, 0.717) is 11.6 Å². The average Bonchev–Trinajstić information content (AvgIpc) is 2.92. The van der Waals surface area contributed by atoms with Crippen molar-refractivity contribution >= 4 is 21.8 Å². The summed E-state index contributed by atoms with van der Waals surface area (Å²) < 4.78 is 26.9. The second-order valence-corrected chi connectivity index (χ2v) is 9.84. The molecule has 6 nitrogen and oxygen atoms in total. The van der Waals surface area contributed by atoms with E-state index in [4.69, 9.17) is 0 Å². The maximum absolute atomic E-state index is 12.4. The molecule has 2 aliphatic rings. The number of likely N-dealkylation sites (N-methyl/N-ethyl adjacent to an activating group) is 1. The van der Waals surface area contributed by atoms with Gasteiger partial charge in [0.2, 0.25) is 0 Å². The third kappa shape index (κ3) is 3.89. The Morgan fingerprint density at radius 1 is 1.03 bits per heavy atom. The third-order valence-electron chi connectivity index (χ3n) is 6.05. The van der Waals surface area contributed by atoms with E-state index in [-0.39, 0.29) is 6.54 Å². The number of anilines is 1. The van der Waals surface area contributed by atoms with Crippen LogP contribution in [0.4, 0.5) is 5.69 Å². The van der Waals surface area contributed by atoms with Crippen molar-refractivity contribution in [1.29, 1.82) is 0 Å². The molecule has 0 bridgehead atoms. The van der Waals surface area contributed by atoms with Gasteiger partial charge in [-0.25, -0.2) is 8.61 Å². The molecule has 0 unspecified atom stereocenters. The number of aryl methyl sites for hydroxylation is 1. The maximum atomic E-state index is 12.4. The van der Waals surface area contributed by atoms with Gasteiger partial charge in [0.1, 0.15) is 6.54 Å². The maximum Gasteiger partial charge on any atom is 0.328 e. The van der Waals surface area contributed by atoms with E-state index in [0.717, 1.165) is 42.3 Å². The number of hydrogen-bond acceptors (Lipinski definition) is 4. The van der Waals surface area contributed by atoms with Gasteiger partial charge in [0, 0.05) is 13.6 Å². The van der Waals surface area contributed by atoms with Gasteiger partial charge in [-0.15, -0.1) is 0 Å². The molecule has 4 rings (SSSR count). The highest BCUT2D eigenvalue weighted by molar-refractivity contribution is 7.91. The molecule has 2 heterocycles. The molecule has 2 aliphatic heterocycles. The summed E-state index contributed by atoms with van der Waals surface area (Å²) in [7, 11) is -2.45. The predicted molar refractivity (Wildman–Crippen MR) is 114 cm³/mol. The van der Waals surface area contributed by atoms with E-state index in [2.05, 4.69) is 35.2 Å². The van der Waals surface area contributed by atoms with E-state index in [1.165, 1.54) is 22.5 Å². The van der Waals surface area contributed by atoms with Gasteiger partial charge < -0.3 is 0 Å². The molecule has 2 saturated heterocycles. The lowest BCUT2D eigenvalue weighted by atomic mass is 9.89. The molecule has 2 aromatic rings. The summed E-state index contributed by atoms with van der Waals surface area (Å²) in [5, 5.41) is 0. The number of amides is 1. The lowest BCUT2D eigenvalue weighted by molar-refractivity contribution is -0.123. The monoisotopic (exact) mass is 413 g/mol. The summed E-state index contributed by atoms with van der Waals surface area (Å²) in [6.07, 6.45) is 2.31. The number of nitrogens with zero attached hydrogens (tertiary/aromatic N) is 3. The van der Waals surface area contributed by atoms with E-state index < -0.39 is 16.1 Å². The summed E-state index contributed by atoms with van der Waals surface area (Å²) in [5.74, 6) is 0.223. The fourth-order valence-electron chi connectivity index (χ4n) is 4.29. The molecule has 2 aromatic carbocycles. The Morgan fingerprint density at radius 3 is 2.31 bits per heavy atom. The van der Waals surface area contributed by atoms with Crippen LogP contribution >= 0.6 is 0 Å². The molecule has 0 atom stereocenters. The Labute approximate surface area is 172 Å². The van der Waals surface area contributed by atoms with Crippen LogP contribution in [0.1, 0.15) is 35.4 Å². The van der Waals surface area contributed by atoms with Gasteiger partial charge in [-0.2, -0.15) is 8.42 Å². The molecule has 2 fully saturated rings. The van der Waals surface area contributed by atoms with Crippen molar-refractivity contribution in [1.82, 2.24) is 9.21 Å². The molecule has 0 N–H and O–H groups in total. The van der Waals surface area contributed by atoms with Crippen molar-refractivity contribution in [3.05, 3.63) is 65.2 Å². The van der Waals surface area contributed by atoms with E-state index >= 15 is 0 Å². The first-order valence-electron chi connectivity index (χ1n) is 10.0. The molecule has 0 radical (unpaired) electrons. The fraction of sp³-hybridized carbons (Fsp3) is 0.409. The van der Waals surface area contributed by atoms with Gasteiger partial charge in [-0.05, 0) is 61.5 Å².